The van der Waals surface area contributed by atoms with Crippen LogP contribution in [0.25, 0.3) is 0 Å². The molecule has 1 aromatic carbocycles. The van der Waals surface area contributed by atoms with Crippen molar-refractivity contribution in [1.82, 2.24) is 29.5 Å². The van der Waals surface area contributed by atoms with E-state index >= 15 is 0 Å². The summed E-state index contributed by atoms with van der Waals surface area (Å²) in [5.41, 5.74) is 0.860. The maximum Gasteiger partial charge on any atom is 0.273 e. The van der Waals surface area contributed by atoms with Gasteiger partial charge < -0.3 is 10.2 Å². The number of nitrogens with one attached hydrogen (secondary N) is 1. The molecule has 2 heterocycles. The number of amides is 2. The number of aromatic nitrogens is 3. The highest BCUT2D eigenvalue weighted by Gasteiger charge is 2.26. The van der Waals surface area contributed by atoms with E-state index in [1.807, 2.05) is 0 Å². The Bertz CT molecular complexity index is 978. The number of likely N-dealkylation sites (N-methyl/N-ethyl adjacent to an activating group) is 1. The number of carbonyl (C=O) groups excluding carboxylic acids is 2. The normalized spacial score (nSPS) is 14.7. The number of rotatable bonds is 7. The van der Waals surface area contributed by atoms with Crippen molar-refractivity contribution in [2.75, 3.05) is 27.2 Å². The van der Waals surface area contributed by atoms with Gasteiger partial charge in [0.2, 0.25) is 15.9 Å². The zero-order valence-electron chi connectivity index (χ0n) is 16.4. The fourth-order valence-electron chi connectivity index (χ4n) is 2.89. The van der Waals surface area contributed by atoms with Crippen LogP contribution in [0.5, 0.6) is 0 Å². The molecule has 2 aromatic rings. The van der Waals surface area contributed by atoms with Crippen molar-refractivity contribution in [1.29, 1.82) is 0 Å². The lowest BCUT2D eigenvalue weighted by atomic mass is 10.2. The summed E-state index contributed by atoms with van der Waals surface area (Å²) in [6.45, 7) is 1.33. The van der Waals surface area contributed by atoms with Gasteiger partial charge in [-0.1, -0.05) is 17.3 Å². The Labute approximate surface area is 169 Å². The molecule has 1 aromatic heterocycles. The molecule has 0 aliphatic carbocycles. The molecule has 11 heteroatoms. The van der Waals surface area contributed by atoms with Crippen LogP contribution >= 0.6 is 0 Å². The van der Waals surface area contributed by atoms with Crippen molar-refractivity contribution < 1.29 is 18.0 Å². The van der Waals surface area contributed by atoms with Crippen LogP contribution in [0.15, 0.2) is 35.4 Å². The molecule has 0 bridgehead atoms. The highest BCUT2D eigenvalue weighted by atomic mass is 32.2. The lowest BCUT2D eigenvalue weighted by Gasteiger charge is -2.15. The van der Waals surface area contributed by atoms with Crippen LogP contribution < -0.4 is 5.32 Å². The zero-order chi connectivity index (χ0) is 21.0. The molecule has 29 heavy (non-hydrogen) atoms. The van der Waals surface area contributed by atoms with Gasteiger partial charge in [-0.25, -0.2) is 13.1 Å². The fourth-order valence-corrected chi connectivity index (χ4v) is 4.41. The van der Waals surface area contributed by atoms with Gasteiger partial charge in [-0.15, -0.1) is 5.10 Å². The third-order valence-electron chi connectivity index (χ3n) is 4.65. The summed E-state index contributed by atoms with van der Waals surface area (Å²) >= 11 is 0. The Hall–Kier alpha value is -2.79. The average molecular weight is 420 g/mol. The van der Waals surface area contributed by atoms with Crippen molar-refractivity contribution in [2.45, 2.75) is 30.8 Å². The third-order valence-corrected chi connectivity index (χ3v) is 6.56. The molecular weight excluding hydrogens is 396 g/mol. The maximum atomic E-state index is 12.5. The molecule has 1 saturated heterocycles. The Balaban J connectivity index is 1.57. The summed E-state index contributed by atoms with van der Waals surface area (Å²) in [6.07, 6.45) is 3.18. The Morgan fingerprint density at radius 3 is 2.41 bits per heavy atom. The molecule has 156 valence electrons. The topological polar surface area (TPSA) is 117 Å². The first kappa shape index (κ1) is 20.9. The predicted octanol–water partition coefficient (Wildman–Crippen LogP) is 0.0808. The van der Waals surface area contributed by atoms with Gasteiger partial charge >= 0.3 is 0 Å². The average Bonchev–Trinajstić information content (AvgIpc) is 3.39. The van der Waals surface area contributed by atoms with E-state index in [0.29, 0.717) is 13.1 Å². The number of nitrogens with zero attached hydrogens (tertiary/aromatic N) is 5. The van der Waals surface area contributed by atoms with Crippen LogP contribution in [-0.2, 0) is 27.9 Å². The van der Waals surface area contributed by atoms with Crippen molar-refractivity contribution in [3.63, 3.8) is 0 Å². The molecular formula is C18H24N6O4S. The van der Waals surface area contributed by atoms with Crippen molar-refractivity contribution in [3.8, 4) is 0 Å². The monoisotopic (exact) mass is 420 g/mol. The molecule has 0 spiro atoms. The van der Waals surface area contributed by atoms with Crippen LogP contribution in [0.4, 0.5) is 0 Å². The highest BCUT2D eigenvalue weighted by molar-refractivity contribution is 7.89. The van der Waals surface area contributed by atoms with Gasteiger partial charge in [0.25, 0.3) is 5.91 Å². The Morgan fingerprint density at radius 2 is 1.79 bits per heavy atom. The van der Waals surface area contributed by atoms with Gasteiger partial charge in [-0.05, 0) is 30.5 Å². The number of benzene rings is 1. The quantitative estimate of drug-likeness (QED) is 0.678. The van der Waals surface area contributed by atoms with Crippen LogP contribution in [0.2, 0.25) is 0 Å². The molecule has 1 aliphatic heterocycles. The molecule has 10 nitrogen and oxygen atoms in total. The summed E-state index contributed by atoms with van der Waals surface area (Å²) in [5, 5.41) is 10.3. The summed E-state index contributed by atoms with van der Waals surface area (Å²) in [6, 6.07) is 6.46. The molecule has 0 radical (unpaired) electrons. The molecule has 1 fully saturated rings. The van der Waals surface area contributed by atoms with E-state index in [4.69, 9.17) is 0 Å². The number of carbonyl (C=O) groups is 2. The molecule has 1 aliphatic rings. The van der Waals surface area contributed by atoms with Gasteiger partial charge in [-0.2, -0.15) is 4.31 Å². The fraction of sp³-hybridized carbons (Fsp3) is 0.444. The minimum Gasteiger partial charge on any atom is -0.347 e. The number of sulfonamides is 1. The van der Waals surface area contributed by atoms with E-state index in [1.54, 1.807) is 38.4 Å². The molecule has 1 N–H and O–H groups in total. The van der Waals surface area contributed by atoms with E-state index in [0.717, 1.165) is 18.4 Å². The standard InChI is InChI=1S/C18H24N6O4S/c1-22(2)17(25)13-23-12-16(20-21-23)18(26)19-11-14-5-7-15(8-6-14)29(27,28)24-9-3-4-10-24/h5-8,12H,3-4,9-11,13H2,1-2H3,(H,19,26). The van der Waals surface area contributed by atoms with Gasteiger partial charge in [-0.3, -0.25) is 9.59 Å². The molecule has 0 saturated carbocycles. The highest BCUT2D eigenvalue weighted by Crippen LogP contribution is 2.21. The first-order valence-electron chi connectivity index (χ1n) is 9.25. The first-order chi connectivity index (χ1) is 13.8. The molecule has 0 atom stereocenters. The van der Waals surface area contributed by atoms with E-state index < -0.39 is 15.9 Å². The summed E-state index contributed by atoms with van der Waals surface area (Å²) in [5.74, 6) is -0.590. The molecule has 0 unspecified atom stereocenters. The van der Waals surface area contributed by atoms with Crippen molar-refractivity contribution >= 4 is 21.8 Å². The lowest BCUT2D eigenvalue weighted by Crippen LogP contribution is -2.28. The molecule has 2 amide bonds. The van der Waals surface area contributed by atoms with Crippen LogP contribution in [0.3, 0.4) is 0 Å². The summed E-state index contributed by atoms with van der Waals surface area (Å²) < 4.78 is 27.9. The van der Waals surface area contributed by atoms with Crippen molar-refractivity contribution in [3.05, 3.63) is 41.7 Å². The third kappa shape index (κ3) is 4.98. The number of hydrogen-bond donors (Lipinski definition) is 1. The van der Waals surface area contributed by atoms with Gasteiger partial charge in [0.1, 0.15) is 6.54 Å². The summed E-state index contributed by atoms with van der Waals surface area (Å²) in [4.78, 5) is 25.6. The Kier molecular flexibility index (Phi) is 6.28. The van der Waals surface area contributed by atoms with Gasteiger partial charge in [0.15, 0.2) is 5.69 Å². The second kappa shape index (κ2) is 8.70. The van der Waals surface area contributed by atoms with E-state index in [2.05, 4.69) is 15.6 Å². The van der Waals surface area contributed by atoms with Gasteiger partial charge in [0.05, 0.1) is 11.1 Å². The largest absolute Gasteiger partial charge is 0.347 e. The van der Waals surface area contributed by atoms with Crippen molar-refractivity contribution in [2.24, 2.45) is 0 Å². The maximum absolute atomic E-state index is 12.5. The predicted molar refractivity (Wildman–Crippen MR) is 104 cm³/mol. The number of hydrogen-bond acceptors (Lipinski definition) is 6. The smallest absolute Gasteiger partial charge is 0.273 e. The van der Waals surface area contributed by atoms with Crippen LogP contribution in [0, 0.1) is 0 Å². The van der Waals surface area contributed by atoms with Gasteiger partial charge in [0, 0.05) is 33.7 Å². The summed E-state index contributed by atoms with van der Waals surface area (Å²) in [7, 11) is -0.182. The van der Waals surface area contributed by atoms with E-state index in [1.165, 1.54) is 20.1 Å². The SMILES string of the molecule is CN(C)C(=O)Cn1cc(C(=O)NCc2ccc(S(=O)(=O)N3CCCC3)cc2)nn1. The van der Waals surface area contributed by atoms with Crippen LogP contribution in [0.1, 0.15) is 28.9 Å². The van der Waals surface area contributed by atoms with Crippen LogP contribution in [-0.4, -0.2) is 71.6 Å². The molecule has 3 rings (SSSR count). The van der Waals surface area contributed by atoms with E-state index in [-0.39, 0.29) is 29.6 Å². The van der Waals surface area contributed by atoms with E-state index in [9.17, 15) is 18.0 Å². The second-order valence-electron chi connectivity index (χ2n) is 7.03. The lowest BCUT2D eigenvalue weighted by molar-refractivity contribution is -0.129. The minimum absolute atomic E-state index is 0.000232. The first-order valence-corrected chi connectivity index (χ1v) is 10.7. The zero-order valence-corrected chi connectivity index (χ0v) is 17.2. The minimum atomic E-state index is -3.45. The second-order valence-corrected chi connectivity index (χ2v) is 8.97. The Morgan fingerprint density at radius 1 is 1.14 bits per heavy atom.